The third-order valence-corrected chi connectivity index (χ3v) is 7.19. The van der Waals surface area contributed by atoms with Gasteiger partial charge in [0, 0.05) is 24.5 Å². The third kappa shape index (κ3) is 7.58. The number of aromatic nitrogens is 2. The van der Waals surface area contributed by atoms with E-state index in [1.807, 2.05) is 83.8 Å². The summed E-state index contributed by atoms with van der Waals surface area (Å²) in [5.74, 6) is 0.282. The van der Waals surface area contributed by atoms with Gasteiger partial charge in [-0.1, -0.05) is 103 Å². The summed E-state index contributed by atoms with van der Waals surface area (Å²) in [6.07, 6.45) is 1.19. The number of hydrogen-bond donors (Lipinski definition) is 1. The van der Waals surface area contributed by atoms with Gasteiger partial charge in [0.1, 0.15) is 11.6 Å². The molecule has 0 radical (unpaired) electrons. The van der Waals surface area contributed by atoms with Crippen molar-refractivity contribution in [3.63, 3.8) is 0 Å². The van der Waals surface area contributed by atoms with Crippen molar-refractivity contribution in [1.29, 1.82) is 0 Å². The van der Waals surface area contributed by atoms with Crippen molar-refractivity contribution in [2.45, 2.75) is 25.4 Å². The molecule has 39 heavy (non-hydrogen) atoms. The SMILES string of the molecule is O=C(CN(Cc1ccccc1)c1nc(Cc2ccc(F)cc2)ns1)NC(Cc1ccccc1)c1ccccc1. The molecule has 0 fully saturated rings. The predicted molar refractivity (Wildman–Crippen MR) is 154 cm³/mol. The Morgan fingerprint density at radius 2 is 1.41 bits per heavy atom. The molecule has 0 saturated heterocycles. The molecule has 0 aliphatic heterocycles. The number of carbonyl (C=O) groups is 1. The standard InChI is InChI=1S/C32H29FN4OS/c33-28-18-16-25(17-19-28)21-30-35-32(39-36-30)37(22-26-12-6-2-7-13-26)23-31(38)34-29(27-14-8-3-9-15-27)20-24-10-4-1-5-11-24/h1-19,29H,20-23H2,(H,34,38). The van der Waals surface area contributed by atoms with Crippen molar-refractivity contribution >= 4 is 22.6 Å². The molecule has 1 unspecified atom stereocenters. The van der Waals surface area contributed by atoms with Gasteiger partial charge in [0.15, 0.2) is 0 Å². The normalized spacial score (nSPS) is 11.6. The molecule has 0 bridgehead atoms. The van der Waals surface area contributed by atoms with Gasteiger partial charge in [-0.05, 0) is 40.8 Å². The Kier molecular flexibility index (Phi) is 8.71. The molecular weight excluding hydrogens is 507 g/mol. The Hall–Kier alpha value is -4.36. The fourth-order valence-corrected chi connectivity index (χ4v) is 5.11. The van der Waals surface area contributed by atoms with E-state index in [0.29, 0.717) is 30.3 Å². The van der Waals surface area contributed by atoms with Crippen LogP contribution in [0.4, 0.5) is 9.52 Å². The summed E-state index contributed by atoms with van der Waals surface area (Å²) >= 11 is 1.27. The van der Waals surface area contributed by atoms with Crippen LogP contribution >= 0.6 is 11.5 Å². The number of halogens is 1. The summed E-state index contributed by atoms with van der Waals surface area (Å²) in [6, 6.07) is 36.4. The maximum Gasteiger partial charge on any atom is 0.240 e. The first-order valence-corrected chi connectivity index (χ1v) is 13.6. The van der Waals surface area contributed by atoms with E-state index in [4.69, 9.17) is 4.98 Å². The zero-order valence-electron chi connectivity index (χ0n) is 21.4. The summed E-state index contributed by atoms with van der Waals surface area (Å²) in [4.78, 5) is 20.2. The van der Waals surface area contributed by atoms with Crippen molar-refractivity contribution in [2.24, 2.45) is 0 Å². The third-order valence-electron chi connectivity index (χ3n) is 6.37. The highest BCUT2D eigenvalue weighted by Gasteiger charge is 2.20. The van der Waals surface area contributed by atoms with E-state index < -0.39 is 0 Å². The molecule has 0 saturated carbocycles. The maximum absolute atomic E-state index is 13.5. The molecule has 5 aromatic rings. The van der Waals surface area contributed by atoms with Crippen LogP contribution in [0.15, 0.2) is 115 Å². The minimum Gasteiger partial charge on any atom is -0.347 e. The maximum atomic E-state index is 13.5. The second kappa shape index (κ2) is 12.9. The fourth-order valence-electron chi connectivity index (χ4n) is 4.43. The Bertz CT molecular complexity index is 1460. The van der Waals surface area contributed by atoms with Gasteiger partial charge in [0.05, 0.1) is 12.6 Å². The number of nitrogens with zero attached hydrogens (tertiary/aromatic N) is 3. The minimum absolute atomic E-state index is 0.0917. The highest BCUT2D eigenvalue weighted by molar-refractivity contribution is 7.09. The minimum atomic E-state index is -0.271. The average Bonchev–Trinajstić information content (AvgIpc) is 3.44. The summed E-state index contributed by atoms with van der Waals surface area (Å²) < 4.78 is 17.8. The van der Waals surface area contributed by atoms with Crippen LogP contribution in [-0.4, -0.2) is 21.8 Å². The van der Waals surface area contributed by atoms with Crippen molar-refractivity contribution in [3.8, 4) is 0 Å². The first-order chi connectivity index (χ1) is 19.1. The number of amides is 1. The largest absolute Gasteiger partial charge is 0.347 e. The molecule has 1 N–H and O–H groups in total. The highest BCUT2D eigenvalue weighted by atomic mass is 32.1. The van der Waals surface area contributed by atoms with Gasteiger partial charge in [-0.2, -0.15) is 4.37 Å². The van der Waals surface area contributed by atoms with E-state index in [2.05, 4.69) is 21.8 Å². The van der Waals surface area contributed by atoms with E-state index >= 15 is 0 Å². The van der Waals surface area contributed by atoms with Crippen LogP contribution < -0.4 is 10.2 Å². The molecule has 1 atom stereocenters. The Labute approximate surface area is 232 Å². The molecule has 0 aliphatic carbocycles. The van der Waals surface area contributed by atoms with Gasteiger partial charge in [0.2, 0.25) is 11.0 Å². The van der Waals surface area contributed by atoms with E-state index in [-0.39, 0.29) is 24.3 Å². The predicted octanol–water partition coefficient (Wildman–Crippen LogP) is 6.37. The van der Waals surface area contributed by atoms with Crippen molar-refractivity contribution in [3.05, 3.63) is 149 Å². The highest BCUT2D eigenvalue weighted by Crippen LogP contribution is 2.23. The number of carbonyl (C=O) groups excluding carboxylic acids is 1. The van der Waals surface area contributed by atoms with Crippen LogP contribution in [0.1, 0.15) is 34.1 Å². The van der Waals surface area contributed by atoms with E-state index in [1.54, 1.807) is 12.1 Å². The van der Waals surface area contributed by atoms with Crippen LogP contribution in [0.25, 0.3) is 0 Å². The Balaban J connectivity index is 1.34. The van der Waals surface area contributed by atoms with Gasteiger partial charge in [-0.3, -0.25) is 4.79 Å². The number of anilines is 1. The molecule has 7 heteroatoms. The summed E-state index contributed by atoms with van der Waals surface area (Å²) in [7, 11) is 0. The Morgan fingerprint density at radius 1 is 0.795 bits per heavy atom. The van der Waals surface area contributed by atoms with Gasteiger partial charge in [-0.15, -0.1) is 0 Å². The molecule has 0 aliphatic rings. The van der Waals surface area contributed by atoms with Crippen LogP contribution in [0.5, 0.6) is 0 Å². The van der Waals surface area contributed by atoms with Crippen LogP contribution in [-0.2, 0) is 24.2 Å². The molecule has 1 heterocycles. The molecule has 1 aromatic heterocycles. The summed E-state index contributed by atoms with van der Waals surface area (Å²) in [6.45, 7) is 0.659. The molecular formula is C32H29FN4OS. The zero-order valence-corrected chi connectivity index (χ0v) is 22.2. The number of benzene rings is 4. The molecule has 4 aromatic carbocycles. The van der Waals surface area contributed by atoms with Gasteiger partial charge >= 0.3 is 0 Å². The Morgan fingerprint density at radius 3 is 2.08 bits per heavy atom. The van der Waals surface area contributed by atoms with E-state index in [1.165, 1.54) is 23.7 Å². The summed E-state index contributed by atoms with van der Waals surface area (Å²) in [5.41, 5.74) is 4.22. The molecule has 5 rings (SSSR count). The molecule has 196 valence electrons. The van der Waals surface area contributed by atoms with Gasteiger partial charge in [0.25, 0.3) is 0 Å². The number of nitrogens with one attached hydrogen (secondary N) is 1. The fraction of sp³-hybridized carbons (Fsp3) is 0.156. The second-order valence-electron chi connectivity index (χ2n) is 9.36. The van der Waals surface area contributed by atoms with Crippen molar-refractivity contribution < 1.29 is 9.18 Å². The lowest BCUT2D eigenvalue weighted by atomic mass is 9.99. The molecule has 5 nitrogen and oxygen atoms in total. The average molecular weight is 537 g/mol. The first-order valence-electron chi connectivity index (χ1n) is 12.9. The lowest BCUT2D eigenvalue weighted by molar-refractivity contribution is -0.120. The van der Waals surface area contributed by atoms with E-state index in [0.717, 1.165) is 22.3 Å². The number of rotatable bonds is 11. The lowest BCUT2D eigenvalue weighted by Gasteiger charge is -2.24. The van der Waals surface area contributed by atoms with E-state index in [9.17, 15) is 9.18 Å². The molecule has 0 spiro atoms. The van der Waals surface area contributed by atoms with Crippen LogP contribution in [0.2, 0.25) is 0 Å². The van der Waals surface area contributed by atoms with Crippen LogP contribution in [0, 0.1) is 5.82 Å². The summed E-state index contributed by atoms with van der Waals surface area (Å²) in [5, 5.41) is 3.93. The topological polar surface area (TPSA) is 58.1 Å². The van der Waals surface area contributed by atoms with Gasteiger partial charge in [-0.25, -0.2) is 9.37 Å². The first kappa shape index (κ1) is 26.3. The lowest BCUT2D eigenvalue weighted by Crippen LogP contribution is -2.39. The monoisotopic (exact) mass is 536 g/mol. The zero-order chi connectivity index (χ0) is 26.9. The van der Waals surface area contributed by atoms with Crippen LogP contribution in [0.3, 0.4) is 0 Å². The van der Waals surface area contributed by atoms with Gasteiger partial charge < -0.3 is 10.2 Å². The van der Waals surface area contributed by atoms with Crippen molar-refractivity contribution in [2.75, 3.05) is 11.4 Å². The number of hydrogen-bond acceptors (Lipinski definition) is 5. The smallest absolute Gasteiger partial charge is 0.240 e. The quantitative estimate of drug-likeness (QED) is 0.213. The second-order valence-corrected chi connectivity index (χ2v) is 10.1. The molecule has 1 amide bonds. The van der Waals surface area contributed by atoms with Crippen molar-refractivity contribution in [1.82, 2.24) is 14.7 Å².